The van der Waals surface area contributed by atoms with Gasteiger partial charge in [-0.1, -0.05) is 26.0 Å². The fourth-order valence-corrected chi connectivity index (χ4v) is 2.51. The molecule has 0 radical (unpaired) electrons. The second-order valence-corrected chi connectivity index (χ2v) is 6.39. The molecule has 134 valence electrons. The van der Waals surface area contributed by atoms with Crippen molar-refractivity contribution in [2.45, 2.75) is 13.8 Å². The Morgan fingerprint density at radius 1 is 1.12 bits per heavy atom. The molecule has 0 aliphatic carbocycles. The van der Waals surface area contributed by atoms with Crippen molar-refractivity contribution in [3.8, 4) is 16.9 Å². The van der Waals surface area contributed by atoms with Gasteiger partial charge in [-0.25, -0.2) is 13.5 Å². The van der Waals surface area contributed by atoms with E-state index in [2.05, 4.69) is 10.4 Å². The lowest BCUT2D eigenvalue weighted by molar-refractivity contribution is 0.0941. The van der Waals surface area contributed by atoms with Crippen molar-refractivity contribution in [3.63, 3.8) is 0 Å². The molecule has 0 atom stereocenters. The van der Waals surface area contributed by atoms with E-state index in [0.717, 1.165) is 0 Å². The molecular weight excluding hydrogens is 336 g/mol. The largest absolute Gasteiger partial charge is 0.350 e. The molecule has 0 aliphatic heterocycles. The van der Waals surface area contributed by atoms with Gasteiger partial charge in [0.2, 0.25) is 0 Å². The molecule has 6 heteroatoms. The summed E-state index contributed by atoms with van der Waals surface area (Å²) in [4.78, 5) is 12.6. The zero-order valence-corrected chi connectivity index (χ0v) is 14.5. The topological polar surface area (TPSA) is 46.9 Å². The van der Waals surface area contributed by atoms with Crippen LogP contribution in [0.2, 0.25) is 0 Å². The molecule has 1 aromatic heterocycles. The first kappa shape index (κ1) is 17.8. The van der Waals surface area contributed by atoms with Gasteiger partial charge in [-0.2, -0.15) is 5.10 Å². The van der Waals surface area contributed by atoms with Gasteiger partial charge >= 0.3 is 0 Å². The van der Waals surface area contributed by atoms with Gasteiger partial charge in [0.15, 0.2) is 0 Å². The third kappa shape index (κ3) is 3.79. The Labute approximate surface area is 150 Å². The fraction of sp³-hybridized carbons (Fsp3) is 0.200. The molecule has 0 spiro atoms. The average molecular weight is 355 g/mol. The van der Waals surface area contributed by atoms with E-state index in [1.165, 1.54) is 41.1 Å². The fourth-order valence-electron chi connectivity index (χ4n) is 2.51. The lowest BCUT2D eigenvalue weighted by Crippen LogP contribution is -2.29. The average Bonchev–Trinajstić information content (AvgIpc) is 3.06. The van der Waals surface area contributed by atoms with Crippen molar-refractivity contribution in [1.29, 1.82) is 0 Å². The van der Waals surface area contributed by atoms with Gasteiger partial charge in [0.25, 0.3) is 5.91 Å². The maximum absolute atomic E-state index is 14.1. The molecule has 2 aromatic carbocycles. The summed E-state index contributed by atoms with van der Waals surface area (Å²) in [6.45, 7) is 4.48. The van der Waals surface area contributed by atoms with E-state index in [1.807, 2.05) is 13.8 Å². The van der Waals surface area contributed by atoms with Crippen LogP contribution in [0.15, 0.2) is 54.6 Å². The highest BCUT2D eigenvalue weighted by atomic mass is 19.1. The lowest BCUT2D eigenvalue weighted by atomic mass is 10.1. The molecule has 0 bridgehead atoms. The molecule has 0 aliphatic rings. The van der Waals surface area contributed by atoms with Gasteiger partial charge in [-0.05, 0) is 48.4 Å². The monoisotopic (exact) mass is 355 g/mol. The van der Waals surface area contributed by atoms with Crippen LogP contribution in [0.4, 0.5) is 8.78 Å². The Hall–Kier alpha value is -3.02. The number of carbonyl (C=O) groups excluding carboxylic acids is 1. The molecule has 3 aromatic rings. The predicted molar refractivity (Wildman–Crippen MR) is 96.1 cm³/mol. The van der Waals surface area contributed by atoms with Gasteiger partial charge < -0.3 is 5.32 Å². The molecule has 1 amide bonds. The number of halogens is 2. The van der Waals surface area contributed by atoms with Crippen molar-refractivity contribution in [2.24, 2.45) is 5.92 Å². The first-order chi connectivity index (χ1) is 12.5. The summed E-state index contributed by atoms with van der Waals surface area (Å²) in [6, 6.07) is 13.4. The van der Waals surface area contributed by atoms with Crippen LogP contribution < -0.4 is 5.32 Å². The number of nitrogens with one attached hydrogen (secondary N) is 1. The van der Waals surface area contributed by atoms with Crippen LogP contribution in [0.25, 0.3) is 16.9 Å². The highest BCUT2D eigenvalue weighted by Gasteiger charge is 2.19. The first-order valence-electron chi connectivity index (χ1n) is 8.35. The quantitative estimate of drug-likeness (QED) is 0.745. The van der Waals surface area contributed by atoms with Gasteiger partial charge in [0, 0.05) is 12.1 Å². The maximum Gasteiger partial charge on any atom is 0.270 e. The lowest BCUT2D eigenvalue weighted by Gasteiger charge is -2.09. The van der Waals surface area contributed by atoms with E-state index in [-0.39, 0.29) is 23.3 Å². The van der Waals surface area contributed by atoms with Crippen LogP contribution in [0.5, 0.6) is 0 Å². The number of hydrogen-bond acceptors (Lipinski definition) is 2. The van der Waals surface area contributed by atoms with Gasteiger partial charge in [-0.3, -0.25) is 4.79 Å². The van der Waals surface area contributed by atoms with Gasteiger partial charge in [0.1, 0.15) is 17.3 Å². The summed E-state index contributed by atoms with van der Waals surface area (Å²) >= 11 is 0. The molecule has 1 N–H and O–H groups in total. The van der Waals surface area contributed by atoms with Crippen molar-refractivity contribution >= 4 is 5.91 Å². The highest BCUT2D eigenvalue weighted by Crippen LogP contribution is 2.24. The number of nitrogens with zero attached hydrogens (tertiary/aromatic N) is 2. The van der Waals surface area contributed by atoms with E-state index in [1.54, 1.807) is 18.2 Å². The summed E-state index contributed by atoms with van der Waals surface area (Å²) in [6.07, 6.45) is 0. The Morgan fingerprint density at radius 2 is 1.81 bits per heavy atom. The molecule has 0 saturated heterocycles. The number of benzene rings is 2. The standard InChI is InChI=1S/C20H19F2N3O/c1-13(2)12-23-20(26)19-11-18(16-5-3-4-6-17(16)22)24-25(19)15-9-7-14(21)8-10-15/h3-11,13H,12H2,1-2H3,(H,23,26). The third-order valence-corrected chi connectivity index (χ3v) is 3.83. The number of hydrogen-bond donors (Lipinski definition) is 1. The minimum absolute atomic E-state index is 0.260. The van der Waals surface area contributed by atoms with Crippen LogP contribution in [0, 0.1) is 17.6 Å². The zero-order valence-electron chi connectivity index (χ0n) is 14.5. The molecule has 0 saturated carbocycles. The second-order valence-electron chi connectivity index (χ2n) is 6.39. The van der Waals surface area contributed by atoms with Crippen LogP contribution >= 0.6 is 0 Å². The molecule has 1 heterocycles. The van der Waals surface area contributed by atoms with Gasteiger partial charge in [0.05, 0.1) is 11.4 Å². The second kappa shape index (κ2) is 7.47. The van der Waals surface area contributed by atoms with E-state index in [9.17, 15) is 13.6 Å². The van der Waals surface area contributed by atoms with Crippen molar-refractivity contribution in [2.75, 3.05) is 6.54 Å². The van der Waals surface area contributed by atoms with Crippen LogP contribution in [-0.4, -0.2) is 22.2 Å². The van der Waals surface area contributed by atoms with Crippen molar-refractivity contribution in [3.05, 3.63) is 71.9 Å². The number of amides is 1. The smallest absolute Gasteiger partial charge is 0.270 e. The van der Waals surface area contributed by atoms with Crippen molar-refractivity contribution in [1.82, 2.24) is 15.1 Å². The SMILES string of the molecule is CC(C)CNC(=O)c1cc(-c2ccccc2F)nn1-c1ccc(F)cc1. The highest BCUT2D eigenvalue weighted by molar-refractivity contribution is 5.94. The molecule has 3 rings (SSSR count). The third-order valence-electron chi connectivity index (χ3n) is 3.83. The summed E-state index contributed by atoms with van der Waals surface area (Å²) < 4.78 is 28.8. The summed E-state index contributed by atoms with van der Waals surface area (Å²) in [7, 11) is 0. The number of carbonyl (C=O) groups is 1. The van der Waals surface area contributed by atoms with Crippen LogP contribution in [0.3, 0.4) is 0 Å². The first-order valence-corrected chi connectivity index (χ1v) is 8.35. The summed E-state index contributed by atoms with van der Waals surface area (Å²) in [5.41, 5.74) is 1.41. The molecule has 26 heavy (non-hydrogen) atoms. The predicted octanol–water partition coefficient (Wildman–Crippen LogP) is 4.20. The Bertz CT molecular complexity index is 917. The normalized spacial score (nSPS) is 11.0. The Morgan fingerprint density at radius 3 is 2.46 bits per heavy atom. The van der Waals surface area contributed by atoms with Gasteiger partial charge in [-0.15, -0.1) is 0 Å². The minimum atomic E-state index is -0.426. The van der Waals surface area contributed by atoms with Crippen LogP contribution in [0.1, 0.15) is 24.3 Å². The van der Waals surface area contributed by atoms with E-state index in [4.69, 9.17) is 0 Å². The Balaban J connectivity index is 2.07. The molecule has 4 nitrogen and oxygen atoms in total. The summed E-state index contributed by atoms with van der Waals surface area (Å²) in [5, 5.41) is 7.21. The Kier molecular flexibility index (Phi) is 5.11. The van der Waals surface area contributed by atoms with E-state index < -0.39 is 5.82 Å². The summed E-state index contributed by atoms with van der Waals surface area (Å²) in [5.74, 6) is -0.850. The molecule has 0 fully saturated rings. The van der Waals surface area contributed by atoms with Crippen LogP contribution in [-0.2, 0) is 0 Å². The molecule has 0 unspecified atom stereocenters. The maximum atomic E-state index is 14.1. The van der Waals surface area contributed by atoms with E-state index in [0.29, 0.717) is 23.5 Å². The van der Waals surface area contributed by atoms with E-state index >= 15 is 0 Å². The number of aromatic nitrogens is 2. The zero-order chi connectivity index (χ0) is 18.7. The molecular formula is C20H19F2N3O. The van der Waals surface area contributed by atoms with Crippen molar-refractivity contribution < 1.29 is 13.6 Å². The number of rotatable bonds is 5. The minimum Gasteiger partial charge on any atom is -0.350 e.